The van der Waals surface area contributed by atoms with E-state index in [0.29, 0.717) is 0 Å². The maximum Gasteiger partial charge on any atom is 0.00222 e. The van der Waals surface area contributed by atoms with Crippen molar-refractivity contribution in [3.05, 3.63) is 60.7 Å². The van der Waals surface area contributed by atoms with E-state index in [-0.39, 0.29) is 15.8 Å². The number of hydrogen-bond donors (Lipinski definition) is 1. The highest BCUT2D eigenvalue weighted by molar-refractivity contribution is 7.67. The maximum absolute atomic E-state index is 3.90. The highest BCUT2D eigenvalue weighted by atomic mass is 31.1. The second kappa shape index (κ2) is 8.77. The summed E-state index contributed by atoms with van der Waals surface area (Å²) in [5, 5.41) is 7.14. The van der Waals surface area contributed by atoms with Crippen molar-refractivity contribution in [1.29, 1.82) is 0 Å². The van der Waals surface area contributed by atoms with E-state index < -0.39 is 0 Å². The zero-order valence-corrected chi connectivity index (χ0v) is 16.8. The molecule has 2 aliphatic rings. The highest BCUT2D eigenvalue weighted by Gasteiger charge is 2.30. The fourth-order valence-corrected chi connectivity index (χ4v) is 10.4. The van der Waals surface area contributed by atoms with Crippen LogP contribution in [0.4, 0.5) is 0 Å². The van der Waals surface area contributed by atoms with Crippen molar-refractivity contribution in [2.24, 2.45) is 0 Å². The Kier molecular flexibility index (Phi) is 6.19. The van der Waals surface area contributed by atoms with Crippen LogP contribution in [-0.4, -0.2) is 36.7 Å². The summed E-state index contributed by atoms with van der Waals surface area (Å²) in [6.07, 6.45) is 8.56. The fraction of sp³-hybridized carbons (Fsp3) is 0.455. The van der Waals surface area contributed by atoms with Crippen LogP contribution in [0, 0.1) is 0 Å². The first kappa shape index (κ1) is 17.7. The molecule has 4 rings (SSSR count). The molecule has 0 bridgehead atoms. The molecule has 0 spiro atoms. The van der Waals surface area contributed by atoms with E-state index in [4.69, 9.17) is 0 Å². The number of rotatable bonds is 6. The molecule has 2 saturated heterocycles. The summed E-state index contributed by atoms with van der Waals surface area (Å²) >= 11 is 0. The van der Waals surface area contributed by atoms with Gasteiger partial charge in [-0.25, -0.2) is 0 Å². The predicted octanol–water partition coefficient (Wildman–Crippen LogP) is 4.52. The summed E-state index contributed by atoms with van der Waals surface area (Å²) < 4.78 is 0. The first-order chi connectivity index (χ1) is 12.4. The minimum atomic E-state index is 0.0605. The first-order valence-electron chi connectivity index (χ1n) is 9.76. The van der Waals surface area contributed by atoms with Crippen LogP contribution in [0.2, 0.25) is 0 Å². The lowest BCUT2D eigenvalue weighted by Gasteiger charge is -2.24. The molecule has 1 nitrogen and oxygen atoms in total. The predicted molar refractivity (Wildman–Crippen MR) is 115 cm³/mol. The van der Waals surface area contributed by atoms with Crippen molar-refractivity contribution in [2.75, 3.05) is 25.4 Å². The van der Waals surface area contributed by atoms with Gasteiger partial charge in [-0.15, -0.1) is 0 Å². The quantitative estimate of drug-likeness (QED) is 0.739. The molecule has 0 radical (unpaired) electrons. The molecule has 2 fully saturated rings. The van der Waals surface area contributed by atoms with Crippen molar-refractivity contribution in [3.8, 4) is 0 Å². The van der Waals surface area contributed by atoms with Gasteiger partial charge < -0.3 is 5.32 Å². The standard InChI is InChI=1S/C22H29NP2/c1-3-9-19(10-4-1)24-15-7-13-21(24)17-23-18-22-14-8-16-25(22)20-11-5-2-6-12-20/h1-6,9-12,21-23H,7-8,13-18H2. The third kappa shape index (κ3) is 4.33. The molecule has 132 valence electrons. The number of nitrogens with one attached hydrogen (secondary N) is 1. The van der Waals surface area contributed by atoms with Crippen LogP contribution in [0.15, 0.2) is 60.7 Å². The van der Waals surface area contributed by atoms with E-state index in [1.165, 1.54) is 51.1 Å². The molecule has 2 aromatic carbocycles. The van der Waals surface area contributed by atoms with Crippen molar-refractivity contribution in [2.45, 2.75) is 37.0 Å². The average molecular weight is 369 g/mol. The number of hydrogen-bond acceptors (Lipinski definition) is 1. The molecule has 2 aliphatic heterocycles. The van der Waals surface area contributed by atoms with Crippen molar-refractivity contribution >= 4 is 26.5 Å². The zero-order valence-electron chi connectivity index (χ0n) is 15.0. The van der Waals surface area contributed by atoms with Crippen LogP contribution >= 0.6 is 15.8 Å². The van der Waals surface area contributed by atoms with Crippen molar-refractivity contribution in [3.63, 3.8) is 0 Å². The number of benzene rings is 2. The van der Waals surface area contributed by atoms with Gasteiger partial charge in [-0.2, -0.15) is 0 Å². The van der Waals surface area contributed by atoms with Gasteiger partial charge in [0.1, 0.15) is 0 Å². The van der Waals surface area contributed by atoms with Crippen molar-refractivity contribution in [1.82, 2.24) is 5.32 Å². The lowest BCUT2D eigenvalue weighted by atomic mass is 10.2. The van der Waals surface area contributed by atoms with Gasteiger partial charge >= 0.3 is 0 Å². The van der Waals surface area contributed by atoms with E-state index >= 15 is 0 Å². The maximum atomic E-state index is 3.90. The van der Waals surface area contributed by atoms with Crippen LogP contribution in [0.3, 0.4) is 0 Å². The lowest BCUT2D eigenvalue weighted by molar-refractivity contribution is 0.616. The summed E-state index contributed by atoms with van der Waals surface area (Å²) in [7, 11) is 0.121. The third-order valence-corrected chi connectivity index (χ3v) is 11.9. The topological polar surface area (TPSA) is 12.0 Å². The molecule has 0 aliphatic carbocycles. The Morgan fingerprint density at radius 2 is 1.12 bits per heavy atom. The Bertz CT molecular complexity index is 588. The van der Waals surface area contributed by atoms with Crippen LogP contribution in [0.25, 0.3) is 0 Å². The largest absolute Gasteiger partial charge is 0.315 e. The smallest absolute Gasteiger partial charge is 0.00222 e. The highest BCUT2D eigenvalue weighted by Crippen LogP contribution is 2.50. The minimum absolute atomic E-state index is 0.0605. The second-order valence-corrected chi connectivity index (χ2v) is 12.6. The van der Waals surface area contributed by atoms with Gasteiger partial charge in [0, 0.05) is 13.1 Å². The Labute approximate surface area is 155 Å². The van der Waals surface area contributed by atoms with Gasteiger partial charge in [0.25, 0.3) is 0 Å². The summed E-state index contributed by atoms with van der Waals surface area (Å²) in [6.45, 7) is 2.46. The Hall–Kier alpha value is -0.740. The van der Waals surface area contributed by atoms with Crippen LogP contribution in [0.5, 0.6) is 0 Å². The van der Waals surface area contributed by atoms with Gasteiger partial charge in [0.05, 0.1) is 0 Å². The van der Waals surface area contributed by atoms with E-state index in [0.717, 1.165) is 11.3 Å². The monoisotopic (exact) mass is 369 g/mol. The SMILES string of the molecule is c1ccc(P2CCCC2CNCC2CCCP2c2ccccc2)cc1. The molecule has 2 heterocycles. The van der Waals surface area contributed by atoms with Crippen molar-refractivity contribution < 1.29 is 0 Å². The van der Waals surface area contributed by atoms with Gasteiger partial charge in [-0.3, -0.25) is 0 Å². The molecular formula is C22H29NP2. The summed E-state index contributed by atoms with van der Waals surface area (Å²) in [5.41, 5.74) is 1.78. The molecule has 25 heavy (non-hydrogen) atoms. The molecule has 0 aromatic heterocycles. The Morgan fingerprint density at radius 3 is 1.56 bits per heavy atom. The van der Waals surface area contributed by atoms with Gasteiger partial charge in [0.2, 0.25) is 0 Å². The molecular weight excluding hydrogens is 340 g/mol. The average Bonchev–Trinajstić information content (AvgIpc) is 3.33. The molecule has 4 unspecified atom stereocenters. The zero-order chi connectivity index (χ0) is 16.9. The first-order valence-corrected chi connectivity index (χ1v) is 12.9. The van der Waals surface area contributed by atoms with Gasteiger partial charge in [0.15, 0.2) is 0 Å². The molecule has 3 heteroatoms. The Balaban J connectivity index is 1.31. The van der Waals surface area contributed by atoms with Crippen LogP contribution < -0.4 is 15.9 Å². The van der Waals surface area contributed by atoms with Crippen LogP contribution in [-0.2, 0) is 0 Å². The lowest BCUT2D eigenvalue weighted by Crippen LogP contribution is -2.32. The normalized spacial score (nSPS) is 29.1. The second-order valence-electron chi connectivity index (χ2n) is 7.31. The molecule has 0 amide bonds. The van der Waals surface area contributed by atoms with E-state index in [1.54, 1.807) is 10.6 Å². The third-order valence-electron chi connectivity index (χ3n) is 5.69. The van der Waals surface area contributed by atoms with E-state index in [9.17, 15) is 0 Å². The molecule has 0 saturated carbocycles. The molecule has 4 atom stereocenters. The fourth-order valence-electron chi connectivity index (χ4n) is 4.43. The summed E-state index contributed by atoms with van der Waals surface area (Å²) in [5.74, 6) is 0. The van der Waals surface area contributed by atoms with E-state index in [2.05, 4.69) is 66.0 Å². The summed E-state index contributed by atoms with van der Waals surface area (Å²) in [6, 6.07) is 22.6. The summed E-state index contributed by atoms with van der Waals surface area (Å²) in [4.78, 5) is 0. The minimum Gasteiger partial charge on any atom is -0.315 e. The van der Waals surface area contributed by atoms with E-state index in [1.807, 2.05) is 0 Å². The molecule has 2 aromatic rings. The van der Waals surface area contributed by atoms with Crippen LogP contribution in [0.1, 0.15) is 25.7 Å². The Morgan fingerprint density at radius 1 is 0.680 bits per heavy atom. The van der Waals surface area contributed by atoms with Gasteiger partial charge in [-0.1, -0.05) is 76.5 Å². The van der Waals surface area contributed by atoms with Gasteiger partial charge in [-0.05, 0) is 59.9 Å². The molecule has 1 N–H and O–H groups in total.